The molecule has 12 aromatic carbocycles. The van der Waals surface area contributed by atoms with Gasteiger partial charge in [-0.15, -0.1) is 0 Å². The zero-order valence-corrected chi connectivity index (χ0v) is 44.6. The molecule has 1 aliphatic heterocycles. The van der Waals surface area contributed by atoms with E-state index < -0.39 is 5.66 Å². The van der Waals surface area contributed by atoms with Gasteiger partial charge in [0.1, 0.15) is 0 Å². The molecule has 1 aliphatic carbocycles. The van der Waals surface area contributed by atoms with E-state index in [-0.39, 0.29) is 0 Å². The Morgan fingerprint density at radius 1 is 0.241 bits per heavy atom. The van der Waals surface area contributed by atoms with E-state index in [1.54, 1.807) is 0 Å². The Morgan fingerprint density at radius 2 is 0.602 bits per heavy atom. The molecule has 0 saturated carbocycles. The van der Waals surface area contributed by atoms with Crippen LogP contribution in [0.5, 0.6) is 0 Å². The van der Waals surface area contributed by atoms with E-state index in [1.807, 2.05) is 36.4 Å². The van der Waals surface area contributed by atoms with Crippen LogP contribution in [0, 0.1) is 0 Å². The fourth-order valence-electron chi connectivity index (χ4n) is 14.7. The molecule has 0 amide bonds. The molecular formula is C76H45N7. The van der Waals surface area contributed by atoms with Gasteiger partial charge in [0.2, 0.25) is 0 Å². The number of para-hydroxylation sites is 5. The molecule has 4 bridgehead atoms. The molecule has 384 valence electrons. The van der Waals surface area contributed by atoms with Crippen molar-refractivity contribution >= 4 is 87.2 Å². The van der Waals surface area contributed by atoms with Crippen molar-refractivity contribution < 1.29 is 0 Å². The summed E-state index contributed by atoms with van der Waals surface area (Å²) in [5, 5.41) is 9.47. The van der Waals surface area contributed by atoms with Crippen molar-refractivity contribution in [3.8, 4) is 67.8 Å². The summed E-state index contributed by atoms with van der Waals surface area (Å²) >= 11 is 0. The Labute approximate surface area is 475 Å². The third kappa shape index (κ3) is 5.89. The minimum Gasteiger partial charge on any atom is -0.307 e. The van der Waals surface area contributed by atoms with Gasteiger partial charge in [-0.1, -0.05) is 212 Å². The second-order valence-electron chi connectivity index (χ2n) is 22.2. The van der Waals surface area contributed by atoms with E-state index >= 15 is 0 Å². The summed E-state index contributed by atoms with van der Waals surface area (Å²) in [6.45, 7) is 0. The van der Waals surface area contributed by atoms with Gasteiger partial charge in [-0.05, 0) is 82.9 Å². The van der Waals surface area contributed by atoms with E-state index in [0.717, 1.165) is 100 Å². The number of hydrogen-bond acceptors (Lipinski definition) is 3. The zero-order chi connectivity index (χ0) is 54.1. The van der Waals surface area contributed by atoms with Crippen LogP contribution in [0.2, 0.25) is 0 Å². The first-order valence-corrected chi connectivity index (χ1v) is 28.4. The van der Waals surface area contributed by atoms with Gasteiger partial charge in [-0.3, -0.25) is 0 Å². The molecule has 0 radical (unpaired) electrons. The molecule has 2 aliphatic rings. The molecule has 6 heterocycles. The summed E-state index contributed by atoms with van der Waals surface area (Å²) in [5.74, 6) is 1.83. The average molecular weight is 1060 g/mol. The molecule has 1 atom stereocenters. The van der Waals surface area contributed by atoms with Gasteiger partial charge < -0.3 is 18.3 Å². The fourth-order valence-corrected chi connectivity index (χ4v) is 14.7. The lowest BCUT2D eigenvalue weighted by molar-refractivity contribution is 0.417. The fraction of sp³-hybridized carbons (Fsp3) is 0.0132. The summed E-state index contributed by atoms with van der Waals surface area (Å²) in [6.07, 6.45) is 0. The number of hydrogen-bond donors (Lipinski definition) is 0. The second-order valence-corrected chi connectivity index (χ2v) is 22.2. The Hall–Kier alpha value is -11.2. The number of nitrogens with zero attached hydrogens (tertiary/aromatic N) is 7. The minimum atomic E-state index is -1.17. The monoisotopic (exact) mass is 1060 g/mol. The highest BCUT2D eigenvalue weighted by Gasteiger charge is 2.51. The minimum absolute atomic E-state index is 0.596. The normalized spacial score (nSPS) is 14.3. The number of aromatic nitrogens is 7. The van der Waals surface area contributed by atoms with Crippen molar-refractivity contribution in [3.63, 3.8) is 0 Å². The lowest BCUT2D eigenvalue weighted by atomic mass is 9.91. The van der Waals surface area contributed by atoms with E-state index in [1.165, 1.54) is 48.7 Å². The summed E-state index contributed by atoms with van der Waals surface area (Å²) in [6, 6.07) is 101. The van der Waals surface area contributed by atoms with Crippen molar-refractivity contribution in [2.24, 2.45) is 0 Å². The molecule has 0 N–H and O–H groups in total. The predicted octanol–water partition coefficient (Wildman–Crippen LogP) is 18.5. The predicted molar refractivity (Wildman–Crippen MR) is 340 cm³/mol. The summed E-state index contributed by atoms with van der Waals surface area (Å²) in [5.41, 5.74) is 19.7. The molecular weight excluding hydrogens is 1010 g/mol. The van der Waals surface area contributed by atoms with Crippen LogP contribution in [0.15, 0.2) is 273 Å². The summed E-state index contributed by atoms with van der Waals surface area (Å²) < 4.78 is 10.6. The van der Waals surface area contributed by atoms with E-state index in [0.29, 0.717) is 17.5 Å². The molecule has 0 spiro atoms. The number of benzene rings is 12. The lowest BCUT2D eigenvalue weighted by Crippen LogP contribution is -2.42. The molecule has 17 aromatic rings. The van der Waals surface area contributed by atoms with Crippen LogP contribution in [0.25, 0.3) is 155 Å². The Morgan fingerprint density at radius 3 is 1.12 bits per heavy atom. The highest BCUT2D eigenvalue weighted by atomic mass is 15.3. The van der Waals surface area contributed by atoms with Crippen LogP contribution in [0.4, 0.5) is 0 Å². The third-order valence-electron chi connectivity index (χ3n) is 18.1. The van der Waals surface area contributed by atoms with Gasteiger partial charge in [0.15, 0.2) is 23.1 Å². The second kappa shape index (κ2) is 16.5. The molecule has 7 heteroatoms. The SMILES string of the molecule is c1ccc(-c2nc(-c3ccccc3)nc(-c3ccc4c(c3)C3(n5c6ccccc6c6ccc7c8ccccc8n(-c8ccccc8)c7c65)c5cc(ccc5-4)-c4cccc(c4)-n4c5ccccc5c5ccc6c7ccccc7n3c6c54)n2)cc1. The van der Waals surface area contributed by atoms with Gasteiger partial charge >= 0.3 is 0 Å². The zero-order valence-electron chi connectivity index (χ0n) is 44.6. The lowest BCUT2D eigenvalue weighted by Gasteiger charge is -2.39. The van der Waals surface area contributed by atoms with Gasteiger partial charge in [0.25, 0.3) is 0 Å². The van der Waals surface area contributed by atoms with Crippen LogP contribution in [-0.4, -0.2) is 33.2 Å². The van der Waals surface area contributed by atoms with Crippen molar-refractivity contribution in [1.82, 2.24) is 33.2 Å². The standard InChI is InChI=1S/C76H45N7/c1-4-19-46(20-5-1)73-77-74(47-21-6-2-7-22-47)79-75(78-73)50-36-38-54-53-37-35-49-44-63(53)76(64(54)45-50,82-67-33-16-12-29-57(67)61-41-39-59-55-27-10-14-31-65(55)80(69(59)71(61)82)51-24-8-3-9-25-51)83-68-34-17-13-30-58(68)62-42-40-60-56-28-11-15-32-66(56)81(70(60)72(62)83)52-26-18-23-48(49)43-52/h1-45H. The smallest absolute Gasteiger partial charge is 0.176 e. The van der Waals surface area contributed by atoms with Crippen LogP contribution in [-0.2, 0) is 5.66 Å². The topological polar surface area (TPSA) is 58.4 Å². The third-order valence-corrected chi connectivity index (χ3v) is 18.1. The molecule has 1 unspecified atom stereocenters. The first-order chi connectivity index (χ1) is 41.2. The van der Waals surface area contributed by atoms with Crippen molar-refractivity contribution in [2.75, 3.05) is 0 Å². The molecule has 83 heavy (non-hydrogen) atoms. The van der Waals surface area contributed by atoms with Crippen molar-refractivity contribution in [3.05, 3.63) is 284 Å². The maximum atomic E-state index is 5.44. The van der Waals surface area contributed by atoms with E-state index in [4.69, 9.17) is 15.0 Å². The van der Waals surface area contributed by atoms with Gasteiger partial charge in [0.05, 0.1) is 44.1 Å². The highest BCUT2D eigenvalue weighted by Crippen LogP contribution is 2.59. The molecule has 19 rings (SSSR count). The number of fused-ring (bicyclic) bond motifs is 22. The largest absolute Gasteiger partial charge is 0.307 e. The van der Waals surface area contributed by atoms with Crippen LogP contribution in [0.1, 0.15) is 11.1 Å². The van der Waals surface area contributed by atoms with Crippen molar-refractivity contribution in [1.29, 1.82) is 0 Å². The molecule has 5 aromatic heterocycles. The van der Waals surface area contributed by atoms with Crippen LogP contribution in [0.3, 0.4) is 0 Å². The summed E-state index contributed by atoms with van der Waals surface area (Å²) in [7, 11) is 0. The first-order valence-electron chi connectivity index (χ1n) is 28.4. The van der Waals surface area contributed by atoms with E-state index in [2.05, 4.69) is 255 Å². The quantitative estimate of drug-likeness (QED) is 0.173. The Balaban J connectivity index is 1.09. The molecule has 0 fully saturated rings. The summed E-state index contributed by atoms with van der Waals surface area (Å²) in [4.78, 5) is 16.1. The van der Waals surface area contributed by atoms with Crippen LogP contribution >= 0.6 is 0 Å². The van der Waals surface area contributed by atoms with Gasteiger partial charge in [-0.25, -0.2) is 15.0 Å². The van der Waals surface area contributed by atoms with Crippen LogP contribution < -0.4 is 0 Å². The van der Waals surface area contributed by atoms with Gasteiger partial charge in [-0.2, -0.15) is 0 Å². The number of rotatable bonds is 5. The molecule has 0 saturated heterocycles. The Kier molecular flexibility index (Phi) is 8.87. The van der Waals surface area contributed by atoms with Crippen molar-refractivity contribution in [2.45, 2.75) is 5.66 Å². The molecule has 7 nitrogen and oxygen atoms in total. The maximum Gasteiger partial charge on any atom is 0.176 e. The average Bonchev–Trinajstić information content (AvgIpc) is 1.65. The Bertz CT molecular complexity index is 5570. The maximum absolute atomic E-state index is 5.44. The van der Waals surface area contributed by atoms with E-state index in [9.17, 15) is 0 Å². The highest BCUT2D eigenvalue weighted by molar-refractivity contribution is 6.26. The first kappa shape index (κ1) is 44.7. The van der Waals surface area contributed by atoms with Gasteiger partial charge in [0, 0.05) is 82.3 Å².